The van der Waals surface area contributed by atoms with E-state index < -0.39 is 0 Å². The minimum atomic E-state index is 0.141. The molecule has 0 radical (unpaired) electrons. The fraction of sp³-hybridized carbons (Fsp3) is 0.462. The first kappa shape index (κ1) is 12.3. The average molecular weight is 276 g/mol. The molecular weight excluding hydrogens is 260 g/mol. The molecule has 2 aromatic heterocycles. The smallest absolute Gasteiger partial charge is 0.220 e. The summed E-state index contributed by atoms with van der Waals surface area (Å²) in [5.41, 5.74) is 1.23. The van der Waals surface area contributed by atoms with E-state index in [4.69, 9.17) is 0 Å². The number of hydrogen-bond donors (Lipinski definition) is 2. The number of anilines is 1. The van der Waals surface area contributed by atoms with Crippen LogP contribution in [0.4, 0.5) is 5.82 Å². The van der Waals surface area contributed by atoms with E-state index in [1.54, 1.807) is 17.7 Å². The SMILES string of the molecule is Cc1sc2ncnc(NCC3CCC(=O)N3)c2c1C. The van der Waals surface area contributed by atoms with Crippen molar-refractivity contribution in [2.75, 3.05) is 11.9 Å². The zero-order chi connectivity index (χ0) is 13.4. The van der Waals surface area contributed by atoms with Crippen molar-refractivity contribution in [3.05, 3.63) is 16.8 Å². The number of thiophene rings is 1. The van der Waals surface area contributed by atoms with Crippen LogP contribution in [-0.2, 0) is 4.79 Å². The minimum Gasteiger partial charge on any atom is -0.367 e. The van der Waals surface area contributed by atoms with Crippen LogP contribution < -0.4 is 10.6 Å². The summed E-state index contributed by atoms with van der Waals surface area (Å²) in [5, 5.41) is 7.40. The van der Waals surface area contributed by atoms with Gasteiger partial charge in [-0.25, -0.2) is 9.97 Å². The fourth-order valence-corrected chi connectivity index (χ4v) is 3.36. The second-order valence-corrected chi connectivity index (χ2v) is 6.07. The molecule has 1 amide bonds. The third-order valence-electron chi connectivity index (χ3n) is 3.57. The Balaban J connectivity index is 1.82. The van der Waals surface area contributed by atoms with Gasteiger partial charge in [0.1, 0.15) is 17.0 Å². The monoisotopic (exact) mass is 276 g/mol. The second-order valence-electron chi connectivity index (χ2n) is 4.87. The van der Waals surface area contributed by atoms with E-state index in [1.165, 1.54) is 10.4 Å². The number of aryl methyl sites for hydroxylation is 2. The maximum atomic E-state index is 11.2. The lowest BCUT2D eigenvalue weighted by molar-refractivity contribution is -0.119. The molecule has 1 fully saturated rings. The van der Waals surface area contributed by atoms with Gasteiger partial charge in [0.25, 0.3) is 0 Å². The molecule has 100 valence electrons. The Labute approximate surface area is 115 Å². The zero-order valence-corrected chi connectivity index (χ0v) is 11.8. The normalized spacial score (nSPS) is 18.8. The standard InChI is InChI=1S/C13H16N4OS/c1-7-8(2)19-13-11(7)12(15-6-16-13)14-5-9-3-4-10(18)17-9/h6,9H,3-5H2,1-2H3,(H,17,18)(H,14,15,16). The summed E-state index contributed by atoms with van der Waals surface area (Å²) >= 11 is 1.69. The van der Waals surface area contributed by atoms with E-state index in [0.717, 1.165) is 22.5 Å². The highest BCUT2D eigenvalue weighted by Crippen LogP contribution is 2.32. The van der Waals surface area contributed by atoms with Gasteiger partial charge in [0.2, 0.25) is 5.91 Å². The number of carbonyl (C=O) groups excluding carboxylic acids is 1. The van der Waals surface area contributed by atoms with Gasteiger partial charge in [0, 0.05) is 23.9 Å². The molecule has 1 atom stereocenters. The fourth-order valence-electron chi connectivity index (χ4n) is 2.37. The molecule has 1 aliphatic heterocycles. The van der Waals surface area contributed by atoms with Crippen molar-refractivity contribution in [3.8, 4) is 0 Å². The third-order valence-corrected chi connectivity index (χ3v) is 4.68. The first-order chi connectivity index (χ1) is 9.15. The molecule has 1 unspecified atom stereocenters. The predicted molar refractivity (Wildman–Crippen MR) is 76.5 cm³/mol. The van der Waals surface area contributed by atoms with E-state index in [0.29, 0.717) is 13.0 Å². The lowest BCUT2D eigenvalue weighted by Crippen LogP contribution is -2.32. The van der Waals surface area contributed by atoms with Gasteiger partial charge < -0.3 is 10.6 Å². The van der Waals surface area contributed by atoms with Crippen molar-refractivity contribution in [1.82, 2.24) is 15.3 Å². The lowest BCUT2D eigenvalue weighted by Gasteiger charge is -2.12. The van der Waals surface area contributed by atoms with Crippen molar-refractivity contribution in [2.45, 2.75) is 32.7 Å². The van der Waals surface area contributed by atoms with E-state index in [-0.39, 0.29) is 11.9 Å². The van der Waals surface area contributed by atoms with Crippen LogP contribution in [0, 0.1) is 13.8 Å². The van der Waals surface area contributed by atoms with Gasteiger partial charge in [0.15, 0.2) is 0 Å². The number of amides is 1. The van der Waals surface area contributed by atoms with Gasteiger partial charge in [-0.3, -0.25) is 4.79 Å². The molecule has 3 heterocycles. The summed E-state index contributed by atoms with van der Waals surface area (Å²) in [4.78, 5) is 22.1. The number of nitrogens with zero attached hydrogens (tertiary/aromatic N) is 2. The van der Waals surface area contributed by atoms with Crippen LogP contribution in [0.5, 0.6) is 0 Å². The maximum Gasteiger partial charge on any atom is 0.220 e. The van der Waals surface area contributed by atoms with Crippen LogP contribution in [0.25, 0.3) is 10.2 Å². The van der Waals surface area contributed by atoms with E-state index in [9.17, 15) is 4.79 Å². The summed E-state index contributed by atoms with van der Waals surface area (Å²) in [7, 11) is 0. The maximum absolute atomic E-state index is 11.2. The Bertz CT molecular complexity index is 637. The Morgan fingerprint density at radius 3 is 3.05 bits per heavy atom. The van der Waals surface area contributed by atoms with Crippen LogP contribution in [0.2, 0.25) is 0 Å². The molecule has 0 aromatic carbocycles. The summed E-state index contributed by atoms with van der Waals surface area (Å²) in [6.07, 6.45) is 3.11. The van der Waals surface area contributed by atoms with Crippen LogP contribution in [0.15, 0.2) is 6.33 Å². The molecule has 1 saturated heterocycles. The molecule has 19 heavy (non-hydrogen) atoms. The van der Waals surface area contributed by atoms with Gasteiger partial charge in [0.05, 0.1) is 5.39 Å². The number of nitrogens with one attached hydrogen (secondary N) is 2. The van der Waals surface area contributed by atoms with Gasteiger partial charge in [-0.05, 0) is 25.8 Å². The topological polar surface area (TPSA) is 66.9 Å². The number of fused-ring (bicyclic) bond motifs is 1. The highest BCUT2D eigenvalue weighted by molar-refractivity contribution is 7.18. The Hall–Kier alpha value is -1.69. The molecule has 2 aromatic rings. The van der Waals surface area contributed by atoms with Gasteiger partial charge >= 0.3 is 0 Å². The largest absolute Gasteiger partial charge is 0.367 e. The van der Waals surface area contributed by atoms with E-state index >= 15 is 0 Å². The number of rotatable bonds is 3. The van der Waals surface area contributed by atoms with Crippen molar-refractivity contribution in [1.29, 1.82) is 0 Å². The molecular formula is C13H16N4OS. The average Bonchev–Trinajstić information content (AvgIpc) is 2.93. The third kappa shape index (κ3) is 2.28. The number of carbonyl (C=O) groups is 1. The van der Waals surface area contributed by atoms with Crippen LogP contribution in [0.3, 0.4) is 0 Å². The minimum absolute atomic E-state index is 0.141. The summed E-state index contributed by atoms with van der Waals surface area (Å²) in [6.45, 7) is 4.91. The first-order valence-corrected chi connectivity index (χ1v) is 7.20. The van der Waals surface area contributed by atoms with E-state index in [1.807, 2.05) is 0 Å². The van der Waals surface area contributed by atoms with Crippen LogP contribution >= 0.6 is 11.3 Å². The molecule has 0 spiro atoms. The van der Waals surface area contributed by atoms with Crippen molar-refractivity contribution >= 4 is 33.3 Å². The van der Waals surface area contributed by atoms with Gasteiger partial charge in [-0.15, -0.1) is 11.3 Å². The summed E-state index contributed by atoms with van der Waals surface area (Å²) < 4.78 is 0. The second kappa shape index (κ2) is 4.77. The molecule has 6 heteroatoms. The first-order valence-electron chi connectivity index (χ1n) is 6.39. The van der Waals surface area contributed by atoms with Crippen molar-refractivity contribution < 1.29 is 4.79 Å². The molecule has 0 aliphatic carbocycles. The molecule has 0 saturated carbocycles. The number of aromatic nitrogens is 2. The predicted octanol–water partition coefficient (Wildman–Crippen LogP) is 2.00. The highest BCUT2D eigenvalue weighted by atomic mass is 32.1. The molecule has 1 aliphatic rings. The van der Waals surface area contributed by atoms with Crippen molar-refractivity contribution in [3.63, 3.8) is 0 Å². The molecule has 3 rings (SSSR count). The zero-order valence-electron chi connectivity index (χ0n) is 11.0. The van der Waals surface area contributed by atoms with Crippen molar-refractivity contribution in [2.24, 2.45) is 0 Å². The highest BCUT2D eigenvalue weighted by Gasteiger charge is 2.21. The lowest BCUT2D eigenvalue weighted by atomic mass is 10.2. The molecule has 0 bridgehead atoms. The molecule has 5 nitrogen and oxygen atoms in total. The Morgan fingerprint density at radius 1 is 1.47 bits per heavy atom. The summed E-state index contributed by atoms with van der Waals surface area (Å²) in [5.74, 6) is 1.01. The quantitative estimate of drug-likeness (QED) is 0.900. The van der Waals surface area contributed by atoms with Crippen LogP contribution in [0.1, 0.15) is 23.3 Å². The van der Waals surface area contributed by atoms with E-state index in [2.05, 4.69) is 34.4 Å². The van der Waals surface area contributed by atoms with Gasteiger partial charge in [-0.2, -0.15) is 0 Å². The number of hydrogen-bond acceptors (Lipinski definition) is 5. The Morgan fingerprint density at radius 2 is 2.32 bits per heavy atom. The van der Waals surface area contributed by atoms with Gasteiger partial charge in [-0.1, -0.05) is 0 Å². The van der Waals surface area contributed by atoms with Crippen LogP contribution in [-0.4, -0.2) is 28.5 Å². The summed E-state index contributed by atoms with van der Waals surface area (Å²) in [6, 6.07) is 0.206. The molecule has 2 N–H and O–H groups in total. The Kier molecular flexibility index (Phi) is 3.10.